The summed E-state index contributed by atoms with van der Waals surface area (Å²) >= 11 is 5.83. The summed E-state index contributed by atoms with van der Waals surface area (Å²) < 4.78 is 0. The number of carbonyl (C=O) groups excluding carboxylic acids is 2. The molecule has 2 rings (SSSR count). The van der Waals surface area contributed by atoms with Gasteiger partial charge in [-0.15, -0.1) is 0 Å². The molecule has 7 heteroatoms. The van der Waals surface area contributed by atoms with E-state index in [-0.39, 0.29) is 17.6 Å². The first kappa shape index (κ1) is 21.4. The molecule has 0 heterocycles. The number of phenolic OH excluding ortho intramolecular Hbond substituents is 1. The van der Waals surface area contributed by atoms with Crippen molar-refractivity contribution in [3.63, 3.8) is 0 Å². The van der Waals surface area contributed by atoms with E-state index in [0.717, 1.165) is 16.7 Å². The van der Waals surface area contributed by atoms with Gasteiger partial charge in [-0.25, -0.2) is 5.43 Å². The van der Waals surface area contributed by atoms with E-state index < -0.39 is 11.9 Å². The normalized spacial score (nSPS) is 12.2. The SMILES string of the molecule is Cc1cc(/C=N/NC(=O)C(NC(=O)c2ccc(Cl)cc2)C(C)C)cc(C)c1O. The average Bonchev–Trinajstić information content (AvgIpc) is 2.64. The van der Waals surface area contributed by atoms with E-state index in [1.54, 1.807) is 50.2 Å². The second-order valence-corrected chi connectivity index (χ2v) is 7.38. The largest absolute Gasteiger partial charge is 0.507 e. The van der Waals surface area contributed by atoms with Crippen LogP contribution in [-0.2, 0) is 4.79 Å². The maximum absolute atomic E-state index is 12.5. The summed E-state index contributed by atoms with van der Waals surface area (Å²) in [5, 5.41) is 17.0. The first-order valence-electron chi connectivity index (χ1n) is 8.88. The molecule has 1 atom stereocenters. The number of hydrogen-bond acceptors (Lipinski definition) is 4. The molecule has 0 saturated carbocycles. The van der Waals surface area contributed by atoms with Crippen LogP contribution in [0.3, 0.4) is 0 Å². The van der Waals surface area contributed by atoms with E-state index >= 15 is 0 Å². The van der Waals surface area contributed by atoms with Gasteiger partial charge in [-0.2, -0.15) is 5.10 Å². The molecule has 0 aromatic heterocycles. The van der Waals surface area contributed by atoms with Crippen LogP contribution in [0.1, 0.15) is 40.9 Å². The molecule has 0 fully saturated rings. The smallest absolute Gasteiger partial charge is 0.262 e. The quantitative estimate of drug-likeness (QED) is 0.510. The van der Waals surface area contributed by atoms with Gasteiger partial charge in [0.1, 0.15) is 11.8 Å². The molecule has 3 N–H and O–H groups in total. The maximum Gasteiger partial charge on any atom is 0.262 e. The van der Waals surface area contributed by atoms with Gasteiger partial charge in [0.2, 0.25) is 0 Å². The Morgan fingerprint density at radius 1 is 1.11 bits per heavy atom. The van der Waals surface area contributed by atoms with Crippen molar-refractivity contribution in [2.45, 2.75) is 33.7 Å². The lowest BCUT2D eigenvalue weighted by molar-refractivity contribution is -0.123. The zero-order valence-electron chi connectivity index (χ0n) is 16.3. The monoisotopic (exact) mass is 401 g/mol. The van der Waals surface area contributed by atoms with Crippen molar-refractivity contribution in [3.8, 4) is 5.75 Å². The molecule has 0 radical (unpaired) electrons. The second kappa shape index (κ2) is 9.37. The zero-order valence-corrected chi connectivity index (χ0v) is 17.0. The first-order valence-corrected chi connectivity index (χ1v) is 9.26. The molecule has 2 amide bonds. The Bertz CT molecular complexity index is 869. The number of nitrogens with one attached hydrogen (secondary N) is 2. The van der Waals surface area contributed by atoms with Crippen LogP contribution in [-0.4, -0.2) is 29.2 Å². The lowest BCUT2D eigenvalue weighted by Gasteiger charge is -2.20. The van der Waals surface area contributed by atoms with Crippen molar-refractivity contribution in [1.29, 1.82) is 0 Å². The van der Waals surface area contributed by atoms with Crippen molar-refractivity contribution in [2.24, 2.45) is 11.0 Å². The molecule has 148 valence electrons. The summed E-state index contributed by atoms with van der Waals surface area (Å²) in [6, 6.07) is 9.21. The van der Waals surface area contributed by atoms with Crippen LogP contribution >= 0.6 is 11.6 Å². The number of halogens is 1. The van der Waals surface area contributed by atoms with E-state index in [9.17, 15) is 14.7 Å². The predicted octanol–water partition coefficient (Wildman–Crippen LogP) is 3.57. The molecule has 0 saturated heterocycles. The average molecular weight is 402 g/mol. The summed E-state index contributed by atoms with van der Waals surface area (Å²) in [5.74, 6) is -0.671. The highest BCUT2D eigenvalue weighted by atomic mass is 35.5. The number of hydrazone groups is 1. The van der Waals surface area contributed by atoms with Crippen LogP contribution in [0.25, 0.3) is 0 Å². The third-order valence-electron chi connectivity index (χ3n) is 4.24. The van der Waals surface area contributed by atoms with Crippen molar-refractivity contribution in [3.05, 3.63) is 63.7 Å². The van der Waals surface area contributed by atoms with Gasteiger partial charge in [-0.05, 0) is 72.9 Å². The molecule has 2 aromatic rings. The third-order valence-corrected chi connectivity index (χ3v) is 4.50. The number of amides is 2. The molecule has 2 aromatic carbocycles. The molecule has 0 aliphatic carbocycles. The highest BCUT2D eigenvalue weighted by Crippen LogP contribution is 2.22. The molecule has 0 aliphatic rings. The van der Waals surface area contributed by atoms with Gasteiger partial charge in [0.05, 0.1) is 6.21 Å². The maximum atomic E-state index is 12.5. The number of aromatic hydroxyl groups is 1. The van der Waals surface area contributed by atoms with Crippen molar-refractivity contribution < 1.29 is 14.7 Å². The lowest BCUT2D eigenvalue weighted by Crippen LogP contribution is -2.48. The van der Waals surface area contributed by atoms with Crippen LogP contribution in [0.4, 0.5) is 0 Å². The molecular formula is C21H24ClN3O3. The fraction of sp³-hybridized carbons (Fsp3) is 0.286. The number of aryl methyl sites for hydroxylation is 2. The number of benzene rings is 2. The standard InChI is InChI=1S/C21H24ClN3O3/c1-12(2)18(24-20(27)16-5-7-17(22)8-6-16)21(28)25-23-11-15-9-13(3)19(26)14(4)10-15/h5-12,18,26H,1-4H3,(H,24,27)(H,25,28)/b23-11+. The molecule has 0 bridgehead atoms. The molecular weight excluding hydrogens is 378 g/mol. The summed E-state index contributed by atoms with van der Waals surface area (Å²) in [7, 11) is 0. The summed E-state index contributed by atoms with van der Waals surface area (Å²) in [6.45, 7) is 7.25. The first-order chi connectivity index (χ1) is 13.2. The third kappa shape index (κ3) is 5.57. The van der Waals surface area contributed by atoms with Crippen LogP contribution in [0.2, 0.25) is 5.02 Å². The Labute approximate surface area is 169 Å². The highest BCUT2D eigenvalue weighted by molar-refractivity contribution is 6.30. The fourth-order valence-corrected chi connectivity index (χ4v) is 2.79. The van der Waals surface area contributed by atoms with Crippen molar-refractivity contribution >= 4 is 29.6 Å². The van der Waals surface area contributed by atoms with E-state index in [4.69, 9.17) is 11.6 Å². The molecule has 0 aliphatic heterocycles. The number of hydrogen-bond donors (Lipinski definition) is 3. The Morgan fingerprint density at radius 2 is 1.68 bits per heavy atom. The Hall–Kier alpha value is -2.86. The highest BCUT2D eigenvalue weighted by Gasteiger charge is 2.24. The topological polar surface area (TPSA) is 90.8 Å². The fourth-order valence-electron chi connectivity index (χ4n) is 2.66. The van der Waals surface area contributed by atoms with E-state index in [1.165, 1.54) is 6.21 Å². The Balaban J connectivity index is 2.04. The summed E-state index contributed by atoms with van der Waals surface area (Å²) in [5.41, 5.74) is 5.08. The van der Waals surface area contributed by atoms with Gasteiger partial charge >= 0.3 is 0 Å². The summed E-state index contributed by atoms with van der Waals surface area (Å²) in [4.78, 5) is 24.9. The minimum absolute atomic E-state index is 0.135. The van der Waals surface area contributed by atoms with Crippen LogP contribution in [0.15, 0.2) is 41.5 Å². The number of phenols is 1. The van der Waals surface area contributed by atoms with Crippen LogP contribution < -0.4 is 10.7 Å². The summed E-state index contributed by atoms with van der Waals surface area (Å²) in [6.07, 6.45) is 1.50. The number of carbonyl (C=O) groups is 2. The molecule has 1 unspecified atom stereocenters. The minimum Gasteiger partial charge on any atom is -0.507 e. The van der Waals surface area contributed by atoms with Crippen LogP contribution in [0, 0.1) is 19.8 Å². The zero-order chi connectivity index (χ0) is 20.8. The van der Waals surface area contributed by atoms with Gasteiger partial charge in [0.25, 0.3) is 11.8 Å². The van der Waals surface area contributed by atoms with Crippen LogP contribution in [0.5, 0.6) is 5.75 Å². The predicted molar refractivity (Wildman–Crippen MR) is 111 cm³/mol. The van der Waals surface area contributed by atoms with Gasteiger partial charge in [0.15, 0.2) is 0 Å². The van der Waals surface area contributed by atoms with Gasteiger partial charge in [-0.1, -0.05) is 25.4 Å². The molecule has 0 spiro atoms. The lowest BCUT2D eigenvalue weighted by atomic mass is 10.0. The Kier molecular flexibility index (Phi) is 7.18. The van der Waals surface area contributed by atoms with Crippen molar-refractivity contribution in [2.75, 3.05) is 0 Å². The second-order valence-electron chi connectivity index (χ2n) is 6.94. The van der Waals surface area contributed by atoms with E-state index in [1.807, 2.05) is 13.8 Å². The number of nitrogens with zero attached hydrogens (tertiary/aromatic N) is 1. The van der Waals surface area contributed by atoms with E-state index in [0.29, 0.717) is 10.6 Å². The van der Waals surface area contributed by atoms with Crippen molar-refractivity contribution in [1.82, 2.24) is 10.7 Å². The Morgan fingerprint density at radius 3 is 2.21 bits per heavy atom. The number of rotatable bonds is 6. The van der Waals surface area contributed by atoms with Gasteiger partial charge in [0, 0.05) is 10.6 Å². The van der Waals surface area contributed by atoms with Gasteiger partial charge < -0.3 is 10.4 Å². The van der Waals surface area contributed by atoms with Gasteiger partial charge in [-0.3, -0.25) is 9.59 Å². The molecule has 6 nitrogen and oxygen atoms in total. The minimum atomic E-state index is -0.747. The van der Waals surface area contributed by atoms with E-state index in [2.05, 4.69) is 15.8 Å². The molecule has 28 heavy (non-hydrogen) atoms.